The van der Waals surface area contributed by atoms with Crippen LogP contribution >= 0.6 is 0 Å². The van der Waals surface area contributed by atoms with Gasteiger partial charge in [0, 0.05) is 26.2 Å². The average Bonchev–Trinajstić information content (AvgIpc) is 2.50. The highest BCUT2D eigenvalue weighted by Gasteiger charge is 2.50. The van der Waals surface area contributed by atoms with Crippen molar-refractivity contribution in [2.24, 2.45) is 17.3 Å². The van der Waals surface area contributed by atoms with Gasteiger partial charge in [0.1, 0.15) is 6.10 Å². The van der Waals surface area contributed by atoms with Gasteiger partial charge >= 0.3 is 5.97 Å². The summed E-state index contributed by atoms with van der Waals surface area (Å²) in [6.45, 7) is 12.0. The van der Waals surface area contributed by atoms with E-state index in [4.69, 9.17) is 4.74 Å². The molecule has 0 aromatic carbocycles. The van der Waals surface area contributed by atoms with E-state index in [1.54, 1.807) is 27.7 Å². The lowest BCUT2D eigenvalue weighted by molar-refractivity contribution is -0.167. The van der Waals surface area contributed by atoms with E-state index in [1.165, 1.54) is 0 Å². The number of likely N-dealkylation sites (N-methyl/N-ethyl adjacent to an activating group) is 1. The predicted octanol–water partition coefficient (Wildman–Crippen LogP) is 0.489. The van der Waals surface area contributed by atoms with Crippen molar-refractivity contribution < 1.29 is 19.1 Å². The molecule has 0 aromatic rings. The Balaban J connectivity index is 1.97. The van der Waals surface area contributed by atoms with Gasteiger partial charge in [0.15, 0.2) is 0 Å². The molecule has 2 rings (SSSR count). The Hall–Kier alpha value is -1.63. The summed E-state index contributed by atoms with van der Waals surface area (Å²) in [7, 11) is 2.04. The van der Waals surface area contributed by atoms with Crippen LogP contribution in [0.4, 0.5) is 0 Å². The van der Waals surface area contributed by atoms with Gasteiger partial charge in [-0.25, -0.2) is 0 Å². The van der Waals surface area contributed by atoms with Crippen molar-refractivity contribution in [3.05, 3.63) is 0 Å². The van der Waals surface area contributed by atoms with Crippen LogP contribution in [-0.4, -0.2) is 73.0 Å². The Morgan fingerprint density at radius 1 is 1.16 bits per heavy atom. The van der Waals surface area contributed by atoms with E-state index in [0.717, 1.165) is 13.1 Å². The maximum absolute atomic E-state index is 12.7. The van der Waals surface area contributed by atoms with Crippen molar-refractivity contribution in [2.45, 2.75) is 46.8 Å². The molecule has 2 saturated heterocycles. The minimum atomic E-state index is -0.620. The standard InChI is InChI=1S/C18H31N3O4/c1-11(16(23)21-9-7-20(6)8-10-21)14-13(15(22)19-14)12(2)25-17(24)18(3,4)5/h11-14H,7-10H2,1-6H3,(H,19,22)/t11?,12?,13-,14-/m1/s1. The number of amides is 2. The van der Waals surface area contributed by atoms with E-state index in [9.17, 15) is 14.4 Å². The van der Waals surface area contributed by atoms with E-state index in [0.29, 0.717) is 13.1 Å². The fraction of sp³-hybridized carbons (Fsp3) is 0.833. The number of nitrogens with one attached hydrogen (secondary N) is 1. The first-order valence-electron chi connectivity index (χ1n) is 9.01. The zero-order chi connectivity index (χ0) is 18.9. The van der Waals surface area contributed by atoms with Crippen LogP contribution in [0.5, 0.6) is 0 Å². The first-order valence-corrected chi connectivity index (χ1v) is 9.01. The fourth-order valence-corrected chi connectivity index (χ4v) is 3.25. The highest BCUT2D eigenvalue weighted by atomic mass is 16.5. The normalized spacial score (nSPS) is 27.1. The van der Waals surface area contributed by atoms with Gasteiger partial charge in [-0.15, -0.1) is 0 Å². The SMILES string of the molecule is CC(C(=O)N1CCN(C)CC1)[C@H]1NC(=O)[C@@H]1C(C)OC(=O)C(C)(C)C. The van der Waals surface area contributed by atoms with Crippen LogP contribution in [0.2, 0.25) is 0 Å². The molecule has 142 valence electrons. The van der Waals surface area contributed by atoms with Crippen LogP contribution in [0.25, 0.3) is 0 Å². The highest BCUT2D eigenvalue weighted by molar-refractivity contribution is 5.90. The lowest BCUT2D eigenvalue weighted by atomic mass is 9.78. The molecule has 2 amide bonds. The molecular weight excluding hydrogens is 322 g/mol. The molecular formula is C18H31N3O4. The number of β-lactam (4-membered cyclic amide) rings is 1. The van der Waals surface area contributed by atoms with Crippen LogP contribution in [0.15, 0.2) is 0 Å². The number of carbonyl (C=O) groups excluding carboxylic acids is 3. The van der Waals surface area contributed by atoms with Gasteiger partial charge in [0.2, 0.25) is 11.8 Å². The van der Waals surface area contributed by atoms with E-state index >= 15 is 0 Å². The first-order chi connectivity index (χ1) is 11.5. The molecule has 2 unspecified atom stereocenters. The number of rotatable bonds is 4. The summed E-state index contributed by atoms with van der Waals surface area (Å²) in [6.07, 6.45) is -0.548. The molecule has 7 nitrogen and oxygen atoms in total. The Bertz CT molecular complexity index is 535. The molecule has 1 N–H and O–H groups in total. The quantitative estimate of drug-likeness (QED) is 0.588. The highest BCUT2D eigenvalue weighted by Crippen LogP contribution is 2.30. The second-order valence-electron chi connectivity index (χ2n) is 8.34. The van der Waals surface area contributed by atoms with Gasteiger partial charge in [-0.3, -0.25) is 14.4 Å². The molecule has 0 aliphatic carbocycles. The molecule has 4 atom stereocenters. The maximum Gasteiger partial charge on any atom is 0.311 e. The lowest BCUT2D eigenvalue weighted by Gasteiger charge is -2.44. The van der Waals surface area contributed by atoms with Crippen molar-refractivity contribution in [2.75, 3.05) is 33.2 Å². The molecule has 2 aliphatic heterocycles. The minimum absolute atomic E-state index is 0.0532. The summed E-state index contributed by atoms with van der Waals surface area (Å²) < 4.78 is 5.48. The van der Waals surface area contributed by atoms with Gasteiger partial charge in [0.05, 0.1) is 23.3 Å². The molecule has 2 aliphatic rings. The molecule has 25 heavy (non-hydrogen) atoms. The molecule has 0 spiro atoms. The predicted molar refractivity (Wildman–Crippen MR) is 93.7 cm³/mol. The Kier molecular flexibility index (Phi) is 5.76. The second kappa shape index (κ2) is 7.32. The second-order valence-corrected chi connectivity index (χ2v) is 8.34. The van der Waals surface area contributed by atoms with Crippen LogP contribution in [0.1, 0.15) is 34.6 Å². The summed E-state index contributed by atoms with van der Waals surface area (Å²) in [5.41, 5.74) is -0.620. The minimum Gasteiger partial charge on any atom is -0.461 e. The van der Waals surface area contributed by atoms with Crippen LogP contribution in [0.3, 0.4) is 0 Å². The van der Waals surface area contributed by atoms with Crippen molar-refractivity contribution >= 4 is 17.8 Å². The number of carbonyl (C=O) groups is 3. The third-order valence-corrected chi connectivity index (χ3v) is 5.15. The van der Waals surface area contributed by atoms with Crippen molar-refractivity contribution in [1.82, 2.24) is 15.1 Å². The smallest absolute Gasteiger partial charge is 0.311 e. The molecule has 0 aromatic heterocycles. The Morgan fingerprint density at radius 3 is 2.20 bits per heavy atom. The van der Waals surface area contributed by atoms with Crippen LogP contribution in [-0.2, 0) is 19.1 Å². The van der Waals surface area contributed by atoms with Gasteiger partial charge in [-0.2, -0.15) is 0 Å². The third kappa shape index (κ3) is 4.32. The molecule has 0 saturated carbocycles. The molecule has 0 radical (unpaired) electrons. The summed E-state index contributed by atoms with van der Waals surface area (Å²) in [5.74, 6) is -1.24. The molecule has 2 heterocycles. The number of ether oxygens (including phenoxy) is 1. The monoisotopic (exact) mass is 353 g/mol. The first kappa shape index (κ1) is 19.7. The Morgan fingerprint density at radius 2 is 1.72 bits per heavy atom. The Labute approximate surface area is 150 Å². The van der Waals surface area contributed by atoms with Crippen LogP contribution in [0, 0.1) is 17.3 Å². The largest absolute Gasteiger partial charge is 0.461 e. The zero-order valence-electron chi connectivity index (χ0n) is 16.2. The van der Waals surface area contributed by atoms with Gasteiger partial charge in [-0.1, -0.05) is 6.92 Å². The number of piperazine rings is 1. The molecule has 0 bridgehead atoms. The summed E-state index contributed by atoms with van der Waals surface area (Å²) >= 11 is 0. The van der Waals surface area contributed by atoms with Crippen molar-refractivity contribution in [3.63, 3.8) is 0 Å². The number of nitrogens with zero attached hydrogens (tertiary/aromatic N) is 2. The maximum atomic E-state index is 12.7. The van der Waals surface area contributed by atoms with Gasteiger partial charge in [0.25, 0.3) is 0 Å². The average molecular weight is 353 g/mol. The number of hydrogen-bond donors (Lipinski definition) is 1. The van der Waals surface area contributed by atoms with Crippen molar-refractivity contribution in [3.8, 4) is 0 Å². The van der Waals surface area contributed by atoms with Crippen molar-refractivity contribution in [1.29, 1.82) is 0 Å². The topological polar surface area (TPSA) is 79.0 Å². The third-order valence-electron chi connectivity index (χ3n) is 5.15. The number of esters is 1. The summed E-state index contributed by atoms with van der Waals surface area (Å²) in [5, 5.41) is 2.83. The number of hydrogen-bond acceptors (Lipinski definition) is 5. The fourth-order valence-electron chi connectivity index (χ4n) is 3.25. The van der Waals surface area contributed by atoms with E-state index in [2.05, 4.69) is 10.2 Å². The summed E-state index contributed by atoms with van der Waals surface area (Å²) in [4.78, 5) is 40.9. The molecule has 7 heteroatoms. The van der Waals surface area contributed by atoms with E-state index in [-0.39, 0.29) is 29.7 Å². The van der Waals surface area contributed by atoms with E-state index in [1.807, 2.05) is 18.9 Å². The molecule has 2 fully saturated rings. The van der Waals surface area contributed by atoms with E-state index < -0.39 is 17.4 Å². The van der Waals surface area contributed by atoms with Gasteiger partial charge < -0.3 is 19.9 Å². The van der Waals surface area contributed by atoms with Crippen LogP contribution < -0.4 is 5.32 Å². The lowest BCUT2D eigenvalue weighted by Crippen LogP contribution is -2.67. The zero-order valence-corrected chi connectivity index (χ0v) is 16.2. The summed E-state index contributed by atoms with van der Waals surface area (Å²) in [6, 6.07) is -0.289. The van der Waals surface area contributed by atoms with Gasteiger partial charge in [-0.05, 0) is 34.7 Å².